The number of methoxy groups -OCH3 is 2. The molecule has 2 N–H and O–H groups in total. The molecule has 0 spiro atoms. The molecule has 1 aliphatic heterocycles. The van der Waals surface area contributed by atoms with E-state index in [-0.39, 0.29) is 11.9 Å². The van der Waals surface area contributed by atoms with Crippen molar-refractivity contribution in [2.75, 3.05) is 51.0 Å². The lowest BCUT2D eigenvalue weighted by Gasteiger charge is -2.37. The van der Waals surface area contributed by atoms with Crippen molar-refractivity contribution in [1.82, 2.24) is 24.8 Å². The molecule has 35 heavy (non-hydrogen) atoms. The molecule has 1 saturated carbocycles. The van der Waals surface area contributed by atoms with Gasteiger partial charge in [-0.2, -0.15) is 9.97 Å². The average Bonchev–Trinajstić information content (AvgIpc) is 2.92. The van der Waals surface area contributed by atoms with Gasteiger partial charge in [-0.15, -0.1) is 0 Å². The van der Waals surface area contributed by atoms with Gasteiger partial charge in [-0.3, -0.25) is 4.79 Å². The number of nitrogens with zero attached hydrogens (tertiary/aromatic N) is 6. The second kappa shape index (κ2) is 9.89. The fourth-order valence-electron chi connectivity index (χ4n) is 5.01. The van der Waals surface area contributed by atoms with Crippen LogP contribution >= 0.6 is 0 Å². The van der Waals surface area contributed by atoms with Crippen LogP contribution in [0.1, 0.15) is 32.1 Å². The van der Waals surface area contributed by atoms with Crippen LogP contribution in [0.25, 0.3) is 22.4 Å². The van der Waals surface area contributed by atoms with E-state index in [2.05, 4.69) is 19.9 Å². The highest BCUT2D eigenvalue weighted by Gasteiger charge is 2.29. The molecule has 0 radical (unpaired) electrons. The highest BCUT2D eigenvalue weighted by Crippen LogP contribution is 2.33. The van der Waals surface area contributed by atoms with Gasteiger partial charge >= 0.3 is 0 Å². The monoisotopic (exact) mass is 477 g/mol. The van der Waals surface area contributed by atoms with Gasteiger partial charge in [-0.1, -0.05) is 19.3 Å². The summed E-state index contributed by atoms with van der Waals surface area (Å²) < 4.78 is 10.8. The number of ether oxygens (including phenoxy) is 2. The molecule has 1 aliphatic carbocycles. The van der Waals surface area contributed by atoms with Crippen LogP contribution in [-0.4, -0.2) is 71.1 Å². The second-order valence-corrected chi connectivity index (χ2v) is 9.05. The standard InChI is InChI=1S/C25H31N7O3/c1-34-19-9-8-17(14-20(19)35-2)18-15-27-22-21(28-18)23(30-25(26)29-22)31-10-12-32(13-11-31)24(33)16-6-4-3-5-7-16/h8-9,14-16H,3-7,10-13H2,1-2H3,(H2,26,27,29,30). The molecule has 2 fully saturated rings. The van der Waals surface area contributed by atoms with E-state index in [4.69, 9.17) is 20.2 Å². The molecule has 0 unspecified atom stereocenters. The number of carbonyl (C=O) groups excluding carboxylic acids is 1. The number of anilines is 2. The van der Waals surface area contributed by atoms with Gasteiger partial charge < -0.3 is 25.0 Å². The Balaban J connectivity index is 1.41. The summed E-state index contributed by atoms with van der Waals surface area (Å²) in [4.78, 5) is 35.3. The number of benzene rings is 1. The minimum absolute atomic E-state index is 0.154. The summed E-state index contributed by atoms with van der Waals surface area (Å²) in [7, 11) is 3.20. The lowest BCUT2D eigenvalue weighted by molar-refractivity contribution is -0.136. The van der Waals surface area contributed by atoms with Crippen LogP contribution in [0.4, 0.5) is 11.8 Å². The van der Waals surface area contributed by atoms with Crippen LogP contribution < -0.4 is 20.1 Å². The second-order valence-electron chi connectivity index (χ2n) is 9.05. The van der Waals surface area contributed by atoms with Crippen LogP contribution in [-0.2, 0) is 4.79 Å². The van der Waals surface area contributed by atoms with Gasteiger partial charge in [0.2, 0.25) is 11.9 Å². The summed E-state index contributed by atoms with van der Waals surface area (Å²) >= 11 is 0. The van der Waals surface area contributed by atoms with E-state index in [1.807, 2.05) is 23.1 Å². The zero-order chi connectivity index (χ0) is 24.4. The van der Waals surface area contributed by atoms with Crippen LogP contribution in [0.5, 0.6) is 11.5 Å². The maximum atomic E-state index is 13.0. The van der Waals surface area contributed by atoms with E-state index in [9.17, 15) is 4.79 Å². The Hall–Kier alpha value is -3.69. The molecule has 0 bridgehead atoms. The first kappa shape index (κ1) is 23.1. The Labute approximate surface area is 204 Å². The third kappa shape index (κ3) is 4.65. The predicted molar refractivity (Wildman–Crippen MR) is 133 cm³/mol. The highest BCUT2D eigenvalue weighted by atomic mass is 16.5. The minimum atomic E-state index is 0.154. The molecule has 0 atom stereocenters. The Morgan fingerprint density at radius 1 is 0.971 bits per heavy atom. The smallest absolute Gasteiger partial charge is 0.225 e. The molecule has 10 nitrogen and oxygen atoms in total. The van der Waals surface area contributed by atoms with Crippen LogP contribution in [0.2, 0.25) is 0 Å². The molecule has 2 aliphatic rings. The molecule has 10 heteroatoms. The zero-order valence-electron chi connectivity index (χ0n) is 20.2. The van der Waals surface area contributed by atoms with Crippen molar-refractivity contribution in [2.45, 2.75) is 32.1 Å². The van der Waals surface area contributed by atoms with Crippen molar-refractivity contribution in [3.8, 4) is 22.8 Å². The topological polar surface area (TPSA) is 120 Å². The highest BCUT2D eigenvalue weighted by molar-refractivity contribution is 5.86. The van der Waals surface area contributed by atoms with E-state index >= 15 is 0 Å². The number of rotatable bonds is 5. The van der Waals surface area contributed by atoms with Gasteiger partial charge in [-0.25, -0.2) is 9.97 Å². The average molecular weight is 478 g/mol. The van der Waals surface area contributed by atoms with Crippen molar-refractivity contribution in [1.29, 1.82) is 0 Å². The normalized spacial score (nSPS) is 17.0. The van der Waals surface area contributed by atoms with Gasteiger partial charge in [0.1, 0.15) is 0 Å². The quantitative estimate of drug-likeness (QED) is 0.591. The van der Waals surface area contributed by atoms with Gasteiger partial charge in [0, 0.05) is 37.7 Å². The fourth-order valence-corrected chi connectivity index (χ4v) is 5.01. The third-order valence-electron chi connectivity index (χ3n) is 6.93. The Morgan fingerprint density at radius 2 is 1.71 bits per heavy atom. The van der Waals surface area contributed by atoms with E-state index in [0.717, 1.165) is 31.2 Å². The van der Waals surface area contributed by atoms with Gasteiger partial charge in [0.05, 0.1) is 26.1 Å². The van der Waals surface area contributed by atoms with E-state index < -0.39 is 0 Å². The minimum Gasteiger partial charge on any atom is -0.493 e. The van der Waals surface area contributed by atoms with E-state index in [1.165, 1.54) is 6.42 Å². The molecule has 184 valence electrons. The van der Waals surface area contributed by atoms with Gasteiger partial charge in [0.25, 0.3) is 0 Å². The molecule has 3 heterocycles. The number of hydrogen-bond donors (Lipinski definition) is 1. The summed E-state index contributed by atoms with van der Waals surface area (Å²) in [5.41, 5.74) is 8.54. The van der Waals surface area contributed by atoms with E-state index in [1.54, 1.807) is 20.4 Å². The number of hydrogen-bond acceptors (Lipinski definition) is 9. The molecule has 3 aromatic rings. The number of amides is 1. The zero-order valence-corrected chi connectivity index (χ0v) is 20.2. The number of piperazine rings is 1. The van der Waals surface area contributed by atoms with Gasteiger partial charge in [-0.05, 0) is 31.0 Å². The van der Waals surface area contributed by atoms with Crippen LogP contribution in [0.15, 0.2) is 24.4 Å². The summed E-state index contributed by atoms with van der Waals surface area (Å²) in [5.74, 6) is 2.53. The van der Waals surface area contributed by atoms with Crippen molar-refractivity contribution in [3.63, 3.8) is 0 Å². The lowest BCUT2D eigenvalue weighted by atomic mass is 9.88. The van der Waals surface area contributed by atoms with Crippen LogP contribution in [0.3, 0.4) is 0 Å². The summed E-state index contributed by atoms with van der Waals surface area (Å²) in [6, 6.07) is 5.61. The molecular formula is C25H31N7O3. The number of aromatic nitrogens is 4. The Morgan fingerprint density at radius 3 is 2.43 bits per heavy atom. The summed E-state index contributed by atoms with van der Waals surface area (Å²) in [6.45, 7) is 2.63. The third-order valence-corrected chi connectivity index (χ3v) is 6.93. The first-order valence-electron chi connectivity index (χ1n) is 12.1. The first-order chi connectivity index (χ1) is 17.1. The Bertz CT molecular complexity index is 1220. The predicted octanol–water partition coefficient (Wildman–Crippen LogP) is 2.92. The summed E-state index contributed by atoms with van der Waals surface area (Å²) in [6.07, 6.45) is 7.25. The van der Waals surface area contributed by atoms with Crippen LogP contribution in [0, 0.1) is 5.92 Å². The number of carbonyl (C=O) groups is 1. The molecular weight excluding hydrogens is 446 g/mol. The molecule has 5 rings (SSSR count). The molecule has 1 amide bonds. The number of fused-ring (bicyclic) bond motifs is 1. The van der Waals surface area contributed by atoms with Crippen molar-refractivity contribution >= 4 is 28.8 Å². The van der Waals surface area contributed by atoms with Gasteiger partial charge in [0.15, 0.2) is 28.5 Å². The van der Waals surface area contributed by atoms with Crippen molar-refractivity contribution in [3.05, 3.63) is 24.4 Å². The SMILES string of the molecule is COc1ccc(-c2cnc3nc(N)nc(N4CCN(C(=O)C5CCCCC5)CC4)c3n2)cc1OC. The largest absolute Gasteiger partial charge is 0.493 e. The summed E-state index contributed by atoms with van der Waals surface area (Å²) in [5, 5.41) is 0. The maximum absolute atomic E-state index is 13.0. The lowest BCUT2D eigenvalue weighted by Crippen LogP contribution is -2.51. The van der Waals surface area contributed by atoms with E-state index in [0.29, 0.717) is 66.3 Å². The van der Waals surface area contributed by atoms with Crippen molar-refractivity contribution in [2.24, 2.45) is 5.92 Å². The molecule has 1 saturated heterocycles. The number of nitrogen functional groups attached to an aromatic ring is 1. The fraction of sp³-hybridized carbons (Fsp3) is 0.480. The maximum Gasteiger partial charge on any atom is 0.225 e. The molecule has 2 aromatic heterocycles. The number of nitrogens with two attached hydrogens (primary N) is 1. The first-order valence-corrected chi connectivity index (χ1v) is 12.1. The molecule has 1 aromatic carbocycles. The van der Waals surface area contributed by atoms with Crippen molar-refractivity contribution < 1.29 is 14.3 Å². The Kier molecular flexibility index (Phi) is 6.52.